The standard InChI is InChI=1S/C12H15NO5S.K.H/c1-9-3-5-10(6-4-9)19(16,17)18-11(14)12(15)7-2-8-13-12;;/h3-6,13,15H,2,7-8H2,1H3;;/t12-;;/m1../s1. The number of carbonyl (C=O) groups is 1. The van der Waals surface area contributed by atoms with Gasteiger partial charge < -0.3 is 9.29 Å². The topological polar surface area (TPSA) is 92.7 Å². The Bertz CT molecular complexity index is 578. The van der Waals surface area contributed by atoms with Gasteiger partial charge in [-0.3, -0.25) is 5.32 Å². The predicted molar refractivity (Wildman–Crippen MR) is 73.8 cm³/mol. The van der Waals surface area contributed by atoms with E-state index in [1.165, 1.54) is 12.1 Å². The number of aryl methyl sites for hydroxylation is 1. The molecule has 6 nitrogen and oxygen atoms in total. The molecule has 8 heteroatoms. The van der Waals surface area contributed by atoms with Crippen LogP contribution in [-0.2, 0) is 19.1 Å². The summed E-state index contributed by atoms with van der Waals surface area (Å²) in [4.78, 5) is 11.6. The summed E-state index contributed by atoms with van der Waals surface area (Å²) in [6, 6.07) is 5.90. The Labute approximate surface area is 160 Å². The van der Waals surface area contributed by atoms with Crippen molar-refractivity contribution in [1.29, 1.82) is 0 Å². The van der Waals surface area contributed by atoms with E-state index >= 15 is 0 Å². The molecule has 20 heavy (non-hydrogen) atoms. The molecule has 0 radical (unpaired) electrons. The van der Waals surface area contributed by atoms with Crippen LogP contribution in [0.5, 0.6) is 0 Å². The van der Waals surface area contributed by atoms with E-state index in [1.807, 2.05) is 6.92 Å². The van der Waals surface area contributed by atoms with Crippen LogP contribution in [0.1, 0.15) is 18.4 Å². The van der Waals surface area contributed by atoms with Crippen molar-refractivity contribution in [1.82, 2.24) is 5.32 Å². The second kappa shape index (κ2) is 6.97. The first-order valence-corrected chi connectivity index (χ1v) is 7.27. The molecule has 1 fully saturated rings. The van der Waals surface area contributed by atoms with Crippen LogP contribution in [0.3, 0.4) is 0 Å². The zero-order valence-corrected chi connectivity index (χ0v) is 11.2. The molecule has 2 rings (SSSR count). The summed E-state index contributed by atoms with van der Waals surface area (Å²) in [7, 11) is -4.20. The van der Waals surface area contributed by atoms with Gasteiger partial charge in [-0.15, -0.1) is 0 Å². The van der Waals surface area contributed by atoms with Crippen LogP contribution in [0.25, 0.3) is 0 Å². The molecule has 1 saturated heterocycles. The third-order valence-corrected chi connectivity index (χ3v) is 4.19. The maximum absolute atomic E-state index is 11.9. The minimum atomic E-state index is -4.20. The molecule has 1 aliphatic rings. The van der Waals surface area contributed by atoms with E-state index in [0.29, 0.717) is 13.0 Å². The molecule has 1 aromatic rings. The zero-order chi connectivity index (χ0) is 14.1. The summed E-state index contributed by atoms with van der Waals surface area (Å²) in [6.07, 6.45) is 0.714. The number of hydrogen-bond acceptors (Lipinski definition) is 6. The Hall–Kier alpha value is 0.196. The molecule has 0 spiro atoms. The summed E-state index contributed by atoms with van der Waals surface area (Å²) in [5, 5.41) is 12.4. The van der Waals surface area contributed by atoms with Gasteiger partial charge in [0.15, 0.2) is 0 Å². The van der Waals surface area contributed by atoms with Crippen LogP contribution >= 0.6 is 0 Å². The summed E-state index contributed by atoms with van der Waals surface area (Å²) < 4.78 is 28.2. The van der Waals surface area contributed by atoms with Gasteiger partial charge in [0.25, 0.3) is 0 Å². The van der Waals surface area contributed by atoms with Crippen molar-refractivity contribution in [3.05, 3.63) is 29.8 Å². The third-order valence-electron chi connectivity index (χ3n) is 2.97. The normalized spacial score (nSPS) is 22.1. The second-order valence-corrected chi connectivity index (χ2v) is 6.07. The van der Waals surface area contributed by atoms with E-state index in [0.717, 1.165) is 5.56 Å². The molecule has 1 atom stereocenters. The number of hydrogen-bond donors (Lipinski definition) is 2. The molecular formula is C12H16KNO5S. The molecule has 2 N–H and O–H groups in total. The number of rotatable bonds is 3. The van der Waals surface area contributed by atoms with Gasteiger partial charge in [-0.25, -0.2) is 4.79 Å². The van der Waals surface area contributed by atoms with Crippen LogP contribution in [0.2, 0.25) is 0 Å². The number of aliphatic hydroxyl groups is 1. The van der Waals surface area contributed by atoms with E-state index in [-0.39, 0.29) is 62.7 Å². The molecule has 0 aliphatic carbocycles. The second-order valence-electron chi connectivity index (χ2n) is 4.53. The summed E-state index contributed by atoms with van der Waals surface area (Å²) >= 11 is 0. The summed E-state index contributed by atoms with van der Waals surface area (Å²) in [6.45, 7) is 2.25. The van der Waals surface area contributed by atoms with Crippen LogP contribution in [0.4, 0.5) is 0 Å². The van der Waals surface area contributed by atoms with Gasteiger partial charge in [0.1, 0.15) is 4.90 Å². The van der Waals surface area contributed by atoms with E-state index < -0.39 is 21.8 Å². The van der Waals surface area contributed by atoms with Gasteiger partial charge in [-0.05, 0) is 32.0 Å². The van der Waals surface area contributed by atoms with Crippen molar-refractivity contribution in [3.63, 3.8) is 0 Å². The molecule has 0 amide bonds. The Morgan fingerprint density at radius 3 is 2.45 bits per heavy atom. The van der Waals surface area contributed by atoms with Crippen LogP contribution in [-0.4, -0.2) is 83.1 Å². The average Bonchev–Trinajstić information content (AvgIpc) is 2.77. The van der Waals surface area contributed by atoms with Crippen LogP contribution in [0.15, 0.2) is 29.2 Å². The Kier molecular flexibility index (Phi) is 6.36. The fourth-order valence-electron chi connectivity index (χ4n) is 1.82. The molecule has 1 heterocycles. The van der Waals surface area contributed by atoms with E-state index in [1.54, 1.807) is 12.1 Å². The van der Waals surface area contributed by atoms with Crippen molar-refractivity contribution in [2.24, 2.45) is 0 Å². The summed E-state index contributed by atoms with van der Waals surface area (Å²) in [5.41, 5.74) is -1.01. The summed E-state index contributed by atoms with van der Waals surface area (Å²) in [5.74, 6) is -1.19. The minimum absolute atomic E-state index is 0. The first kappa shape index (κ1) is 18.2. The van der Waals surface area contributed by atoms with Crippen molar-refractivity contribution < 1.29 is 22.5 Å². The molecular weight excluding hydrogens is 309 g/mol. The monoisotopic (exact) mass is 325 g/mol. The Morgan fingerprint density at radius 1 is 1.35 bits per heavy atom. The van der Waals surface area contributed by atoms with Gasteiger partial charge in [-0.2, -0.15) is 8.42 Å². The molecule has 106 valence electrons. The van der Waals surface area contributed by atoms with Gasteiger partial charge in [0, 0.05) is 6.42 Å². The molecule has 0 aromatic heterocycles. The fraction of sp³-hybridized carbons (Fsp3) is 0.417. The van der Waals surface area contributed by atoms with Crippen molar-refractivity contribution >= 4 is 67.5 Å². The number of nitrogens with one attached hydrogen (secondary N) is 1. The first-order chi connectivity index (χ1) is 8.83. The van der Waals surface area contributed by atoms with Crippen LogP contribution < -0.4 is 5.32 Å². The van der Waals surface area contributed by atoms with E-state index in [9.17, 15) is 18.3 Å². The third kappa shape index (κ3) is 4.11. The van der Waals surface area contributed by atoms with Crippen LogP contribution in [0, 0.1) is 6.92 Å². The molecule has 0 unspecified atom stereocenters. The molecule has 0 bridgehead atoms. The molecule has 0 saturated carbocycles. The zero-order valence-electron chi connectivity index (χ0n) is 10.4. The van der Waals surface area contributed by atoms with Gasteiger partial charge in [0.05, 0.1) is 0 Å². The van der Waals surface area contributed by atoms with E-state index in [4.69, 9.17) is 0 Å². The quantitative estimate of drug-likeness (QED) is 0.583. The van der Waals surface area contributed by atoms with Crippen molar-refractivity contribution in [3.8, 4) is 0 Å². The average molecular weight is 325 g/mol. The SMILES string of the molecule is Cc1ccc(S(=O)(=O)OC(=O)[C@]2(O)CCCN2)cc1.[KH]. The Balaban J connectivity index is 0.00000200. The van der Waals surface area contributed by atoms with Gasteiger partial charge in [0.2, 0.25) is 5.72 Å². The van der Waals surface area contributed by atoms with E-state index in [2.05, 4.69) is 9.50 Å². The number of carbonyl (C=O) groups excluding carboxylic acids is 1. The Morgan fingerprint density at radius 2 is 1.95 bits per heavy atom. The molecule has 1 aliphatic heterocycles. The maximum atomic E-state index is 11.9. The predicted octanol–water partition coefficient (Wildman–Crippen LogP) is -0.350. The number of benzene rings is 1. The van der Waals surface area contributed by atoms with Crippen molar-refractivity contribution in [2.45, 2.75) is 30.4 Å². The fourth-order valence-corrected chi connectivity index (χ4v) is 2.73. The van der Waals surface area contributed by atoms with Crippen molar-refractivity contribution in [2.75, 3.05) is 6.54 Å². The molecule has 1 aromatic carbocycles. The van der Waals surface area contributed by atoms with Gasteiger partial charge in [-0.1, -0.05) is 17.7 Å². The first-order valence-electron chi connectivity index (χ1n) is 5.86. The van der Waals surface area contributed by atoms with Gasteiger partial charge >= 0.3 is 67.5 Å².